The smallest absolute Gasteiger partial charge is 0.131 e. The van der Waals surface area contributed by atoms with Gasteiger partial charge >= 0.3 is 0 Å². The summed E-state index contributed by atoms with van der Waals surface area (Å²) in [4.78, 5) is 0. The Morgan fingerprint density at radius 1 is 1.10 bits per heavy atom. The number of ether oxygens (including phenoxy) is 1. The van der Waals surface area contributed by atoms with Crippen LogP contribution in [0.1, 0.15) is 22.7 Å². The van der Waals surface area contributed by atoms with Crippen molar-refractivity contribution in [2.75, 3.05) is 20.8 Å². The highest BCUT2D eigenvalue weighted by molar-refractivity contribution is 5.34. The second-order valence-electron chi connectivity index (χ2n) is 4.87. The van der Waals surface area contributed by atoms with Crippen LogP contribution in [-0.4, -0.2) is 20.8 Å². The maximum absolute atomic E-state index is 13.9. The van der Waals surface area contributed by atoms with Gasteiger partial charge in [-0.25, -0.2) is 8.78 Å². The van der Waals surface area contributed by atoms with Crippen molar-refractivity contribution in [3.05, 3.63) is 70.8 Å². The van der Waals surface area contributed by atoms with Gasteiger partial charge in [0, 0.05) is 18.7 Å². The average Bonchev–Trinajstić information content (AvgIpc) is 2.49. The van der Waals surface area contributed by atoms with Crippen molar-refractivity contribution >= 4 is 0 Å². The fourth-order valence-electron chi connectivity index (χ4n) is 2.33. The van der Waals surface area contributed by atoms with Crippen LogP contribution >= 0.6 is 0 Å². The van der Waals surface area contributed by atoms with Crippen molar-refractivity contribution in [1.82, 2.24) is 5.32 Å². The number of methoxy groups -OCH3 is 1. The largest absolute Gasteiger partial charge is 0.384 e. The SMILES string of the molecule is CNC(c1ccc(CCOC)cc1)c1ccc(F)cc1F. The molecular weight excluding hydrogens is 272 g/mol. The first-order valence-corrected chi connectivity index (χ1v) is 6.85. The molecule has 2 aromatic rings. The van der Waals surface area contributed by atoms with Crippen molar-refractivity contribution in [1.29, 1.82) is 0 Å². The van der Waals surface area contributed by atoms with Crippen molar-refractivity contribution < 1.29 is 13.5 Å². The van der Waals surface area contributed by atoms with Gasteiger partial charge in [-0.2, -0.15) is 0 Å². The van der Waals surface area contributed by atoms with Gasteiger partial charge in [-0.3, -0.25) is 0 Å². The molecule has 0 radical (unpaired) electrons. The Kier molecular flexibility index (Phi) is 5.42. The van der Waals surface area contributed by atoms with Gasteiger partial charge in [-0.05, 0) is 30.7 Å². The molecule has 0 aromatic heterocycles. The van der Waals surface area contributed by atoms with Crippen molar-refractivity contribution in [3.63, 3.8) is 0 Å². The molecule has 0 heterocycles. The van der Waals surface area contributed by atoms with Crippen LogP contribution in [0, 0.1) is 11.6 Å². The topological polar surface area (TPSA) is 21.3 Å². The molecule has 0 aliphatic heterocycles. The fraction of sp³-hybridized carbons (Fsp3) is 0.294. The Labute approximate surface area is 123 Å². The van der Waals surface area contributed by atoms with Gasteiger partial charge in [0.1, 0.15) is 11.6 Å². The fourth-order valence-corrected chi connectivity index (χ4v) is 2.33. The Bertz CT molecular complexity index is 584. The van der Waals surface area contributed by atoms with Crippen LogP contribution in [0.3, 0.4) is 0 Å². The lowest BCUT2D eigenvalue weighted by Gasteiger charge is -2.18. The number of nitrogens with one attached hydrogen (secondary N) is 1. The normalized spacial score (nSPS) is 12.4. The maximum Gasteiger partial charge on any atom is 0.131 e. The molecule has 4 heteroatoms. The third-order valence-electron chi connectivity index (χ3n) is 3.47. The number of hydrogen-bond donors (Lipinski definition) is 1. The maximum atomic E-state index is 13.9. The average molecular weight is 291 g/mol. The Morgan fingerprint density at radius 2 is 1.81 bits per heavy atom. The predicted octanol–water partition coefficient (Wildman–Crippen LogP) is 3.46. The van der Waals surface area contributed by atoms with Gasteiger partial charge in [-0.1, -0.05) is 30.3 Å². The highest BCUT2D eigenvalue weighted by Gasteiger charge is 2.16. The first-order valence-electron chi connectivity index (χ1n) is 6.85. The molecule has 1 N–H and O–H groups in total. The van der Waals surface area contributed by atoms with Gasteiger partial charge in [0.2, 0.25) is 0 Å². The summed E-state index contributed by atoms with van der Waals surface area (Å²) >= 11 is 0. The van der Waals surface area contributed by atoms with Crippen molar-refractivity contribution in [2.24, 2.45) is 0 Å². The third-order valence-corrected chi connectivity index (χ3v) is 3.47. The minimum atomic E-state index is -0.569. The molecule has 0 spiro atoms. The zero-order chi connectivity index (χ0) is 15.2. The van der Waals surface area contributed by atoms with Crippen LogP contribution in [0.4, 0.5) is 8.78 Å². The van der Waals surface area contributed by atoms with Gasteiger partial charge in [0.25, 0.3) is 0 Å². The molecule has 0 fully saturated rings. The van der Waals surface area contributed by atoms with Crippen LogP contribution in [0.2, 0.25) is 0 Å². The molecule has 0 saturated carbocycles. The molecule has 0 saturated heterocycles. The quantitative estimate of drug-likeness (QED) is 0.880. The Morgan fingerprint density at radius 3 is 2.38 bits per heavy atom. The lowest BCUT2D eigenvalue weighted by Crippen LogP contribution is -2.19. The molecule has 0 bridgehead atoms. The summed E-state index contributed by atoms with van der Waals surface area (Å²) in [6, 6.07) is 11.3. The third kappa shape index (κ3) is 3.86. The summed E-state index contributed by atoms with van der Waals surface area (Å²) < 4.78 is 32.0. The molecule has 1 unspecified atom stereocenters. The Hall–Kier alpha value is -1.78. The van der Waals surface area contributed by atoms with Crippen LogP contribution in [0.25, 0.3) is 0 Å². The molecule has 2 rings (SSSR count). The zero-order valence-electron chi connectivity index (χ0n) is 12.2. The van der Waals surface area contributed by atoms with E-state index in [9.17, 15) is 8.78 Å². The number of benzene rings is 2. The number of rotatable bonds is 6. The van der Waals surface area contributed by atoms with E-state index >= 15 is 0 Å². The lowest BCUT2D eigenvalue weighted by molar-refractivity contribution is 0.202. The molecule has 0 aliphatic carbocycles. The summed E-state index contributed by atoms with van der Waals surface area (Å²) in [6.45, 7) is 0.668. The summed E-state index contributed by atoms with van der Waals surface area (Å²) in [5.74, 6) is -1.11. The highest BCUT2D eigenvalue weighted by Crippen LogP contribution is 2.25. The van der Waals surface area contributed by atoms with Crippen molar-refractivity contribution in [3.8, 4) is 0 Å². The minimum absolute atomic E-state index is 0.304. The monoisotopic (exact) mass is 291 g/mol. The second-order valence-corrected chi connectivity index (χ2v) is 4.87. The van der Waals surface area contributed by atoms with Crippen LogP contribution < -0.4 is 5.32 Å². The minimum Gasteiger partial charge on any atom is -0.384 e. The van der Waals surface area contributed by atoms with E-state index in [4.69, 9.17) is 4.74 Å². The van der Waals surface area contributed by atoms with Crippen LogP contribution in [0.15, 0.2) is 42.5 Å². The number of halogens is 2. The van der Waals surface area contributed by atoms with E-state index in [0.717, 1.165) is 23.6 Å². The van der Waals surface area contributed by atoms with E-state index in [0.29, 0.717) is 12.2 Å². The predicted molar refractivity (Wildman–Crippen MR) is 79.3 cm³/mol. The molecule has 21 heavy (non-hydrogen) atoms. The van der Waals surface area contributed by atoms with E-state index < -0.39 is 11.6 Å². The standard InChI is InChI=1S/C17H19F2NO/c1-20-17(15-8-7-14(18)11-16(15)19)13-5-3-12(4-6-13)9-10-21-2/h3-8,11,17,20H,9-10H2,1-2H3. The van der Waals surface area contributed by atoms with Gasteiger partial charge in [-0.15, -0.1) is 0 Å². The van der Waals surface area contributed by atoms with Gasteiger partial charge in [0.05, 0.1) is 12.6 Å². The van der Waals surface area contributed by atoms with Gasteiger partial charge < -0.3 is 10.1 Å². The van der Waals surface area contributed by atoms with Crippen LogP contribution in [-0.2, 0) is 11.2 Å². The highest BCUT2D eigenvalue weighted by atomic mass is 19.1. The van der Waals surface area contributed by atoms with E-state index in [-0.39, 0.29) is 6.04 Å². The van der Waals surface area contributed by atoms with E-state index in [2.05, 4.69) is 5.32 Å². The first kappa shape index (κ1) is 15.6. The van der Waals surface area contributed by atoms with E-state index in [1.807, 2.05) is 24.3 Å². The molecule has 2 aromatic carbocycles. The van der Waals surface area contributed by atoms with Crippen LogP contribution in [0.5, 0.6) is 0 Å². The number of hydrogen-bond acceptors (Lipinski definition) is 2. The summed E-state index contributed by atoms with van der Waals surface area (Å²) in [7, 11) is 3.43. The molecule has 1 atom stereocenters. The molecule has 0 aliphatic rings. The zero-order valence-corrected chi connectivity index (χ0v) is 12.2. The molecule has 2 nitrogen and oxygen atoms in total. The summed E-state index contributed by atoms with van der Waals surface area (Å²) in [5.41, 5.74) is 2.53. The molecular formula is C17H19F2NO. The molecule has 112 valence electrons. The molecule has 0 amide bonds. The first-order chi connectivity index (χ1) is 10.2. The summed E-state index contributed by atoms with van der Waals surface area (Å²) in [6.07, 6.45) is 0.839. The summed E-state index contributed by atoms with van der Waals surface area (Å²) in [5, 5.41) is 3.07. The Balaban J connectivity index is 2.24. The lowest BCUT2D eigenvalue weighted by atomic mass is 9.97. The van der Waals surface area contributed by atoms with Crippen molar-refractivity contribution in [2.45, 2.75) is 12.5 Å². The van der Waals surface area contributed by atoms with Gasteiger partial charge in [0.15, 0.2) is 0 Å². The van der Waals surface area contributed by atoms with E-state index in [1.165, 1.54) is 12.1 Å². The second kappa shape index (κ2) is 7.29. The van der Waals surface area contributed by atoms with E-state index in [1.54, 1.807) is 14.2 Å².